The standard InChI is InChI=1S/C28H36N6O7/c1-17(2)14-23(32-24(35)15-29)28(39)33(27(38)18(3)31-26(37)21-8-6-5-7-9-21)19(4)25(36)30-16-20-10-12-22(13-11-20)34(40)41/h5-13,17-19,23H,14-16,29H2,1-4H3,(H,30,36)(H,31,37)(H,32,35)/t18-,19-,23-/m0/s1. The molecule has 0 saturated heterocycles. The molecule has 5 N–H and O–H groups in total. The van der Waals surface area contributed by atoms with Crippen LogP contribution in [0.4, 0.5) is 5.69 Å². The Labute approximate surface area is 238 Å². The molecule has 41 heavy (non-hydrogen) atoms. The third-order valence-electron chi connectivity index (χ3n) is 6.14. The molecule has 0 aliphatic carbocycles. The maximum absolute atomic E-state index is 13.7. The Morgan fingerprint density at radius 3 is 2.05 bits per heavy atom. The quantitative estimate of drug-likeness (QED) is 0.205. The summed E-state index contributed by atoms with van der Waals surface area (Å²) in [5.41, 5.74) is 6.16. The number of nitrogens with one attached hydrogen (secondary N) is 3. The van der Waals surface area contributed by atoms with Gasteiger partial charge < -0.3 is 21.7 Å². The van der Waals surface area contributed by atoms with Crippen LogP contribution in [-0.4, -0.2) is 64.0 Å². The maximum atomic E-state index is 13.7. The number of nitro groups is 1. The van der Waals surface area contributed by atoms with Gasteiger partial charge in [0.25, 0.3) is 23.4 Å². The van der Waals surface area contributed by atoms with Crippen LogP contribution in [0.15, 0.2) is 54.6 Å². The number of amides is 5. The molecule has 13 heteroatoms. The van der Waals surface area contributed by atoms with Gasteiger partial charge in [-0.15, -0.1) is 0 Å². The van der Waals surface area contributed by atoms with E-state index >= 15 is 0 Å². The van der Waals surface area contributed by atoms with E-state index in [2.05, 4.69) is 16.0 Å². The van der Waals surface area contributed by atoms with Gasteiger partial charge in [-0.05, 0) is 43.9 Å². The van der Waals surface area contributed by atoms with Gasteiger partial charge in [-0.1, -0.05) is 44.2 Å². The van der Waals surface area contributed by atoms with Gasteiger partial charge in [-0.25, -0.2) is 0 Å². The van der Waals surface area contributed by atoms with Crippen LogP contribution in [0.1, 0.15) is 50.0 Å². The van der Waals surface area contributed by atoms with E-state index in [1.165, 1.54) is 38.1 Å². The normalized spacial score (nSPS) is 12.9. The van der Waals surface area contributed by atoms with Crippen LogP contribution in [-0.2, 0) is 25.7 Å². The minimum atomic E-state index is -1.34. The zero-order chi connectivity index (χ0) is 30.7. The Morgan fingerprint density at radius 2 is 1.51 bits per heavy atom. The summed E-state index contributed by atoms with van der Waals surface area (Å²) in [7, 11) is 0. The van der Waals surface area contributed by atoms with E-state index in [4.69, 9.17) is 5.73 Å². The van der Waals surface area contributed by atoms with Crippen molar-refractivity contribution in [1.29, 1.82) is 0 Å². The smallest absolute Gasteiger partial charge is 0.269 e. The minimum absolute atomic E-state index is 0.0307. The van der Waals surface area contributed by atoms with E-state index in [1.54, 1.807) is 30.3 Å². The van der Waals surface area contributed by atoms with Gasteiger partial charge in [0.2, 0.25) is 11.8 Å². The van der Waals surface area contributed by atoms with Crippen molar-refractivity contribution < 1.29 is 28.9 Å². The van der Waals surface area contributed by atoms with Crippen LogP contribution in [0, 0.1) is 16.0 Å². The number of hydrogen-bond donors (Lipinski definition) is 4. The molecule has 3 atom stereocenters. The summed E-state index contributed by atoms with van der Waals surface area (Å²) in [5.74, 6) is -3.61. The molecule has 0 spiro atoms. The van der Waals surface area contributed by atoms with E-state index < -0.39 is 52.6 Å². The molecule has 0 saturated carbocycles. The first-order valence-electron chi connectivity index (χ1n) is 13.1. The van der Waals surface area contributed by atoms with Crippen molar-refractivity contribution >= 4 is 35.2 Å². The van der Waals surface area contributed by atoms with Crippen molar-refractivity contribution in [2.45, 2.75) is 58.8 Å². The number of nitrogens with two attached hydrogens (primary N) is 1. The van der Waals surface area contributed by atoms with E-state index in [0.717, 1.165) is 4.90 Å². The summed E-state index contributed by atoms with van der Waals surface area (Å²) in [6.07, 6.45) is 0.163. The lowest BCUT2D eigenvalue weighted by molar-refractivity contribution is -0.384. The Balaban J connectivity index is 2.32. The van der Waals surface area contributed by atoms with Crippen LogP contribution < -0.4 is 21.7 Å². The summed E-state index contributed by atoms with van der Waals surface area (Å²) >= 11 is 0. The third kappa shape index (κ3) is 9.49. The highest BCUT2D eigenvalue weighted by atomic mass is 16.6. The Morgan fingerprint density at radius 1 is 0.902 bits per heavy atom. The number of imide groups is 1. The predicted octanol–water partition coefficient (Wildman–Crippen LogP) is 1.26. The largest absolute Gasteiger partial charge is 0.350 e. The highest BCUT2D eigenvalue weighted by Gasteiger charge is 2.38. The van der Waals surface area contributed by atoms with Crippen molar-refractivity contribution in [3.8, 4) is 0 Å². The van der Waals surface area contributed by atoms with Gasteiger partial charge in [0.05, 0.1) is 11.5 Å². The van der Waals surface area contributed by atoms with Crippen LogP contribution >= 0.6 is 0 Å². The molecule has 0 heterocycles. The topological polar surface area (TPSA) is 194 Å². The Kier molecular flexibility index (Phi) is 12.1. The molecular formula is C28H36N6O7. The fourth-order valence-corrected chi connectivity index (χ4v) is 3.93. The number of nitrogens with zero attached hydrogens (tertiary/aromatic N) is 2. The van der Waals surface area contributed by atoms with Crippen molar-refractivity contribution in [3.05, 3.63) is 75.8 Å². The molecule has 220 valence electrons. The highest BCUT2D eigenvalue weighted by Crippen LogP contribution is 2.15. The average molecular weight is 569 g/mol. The van der Waals surface area contributed by atoms with Gasteiger partial charge in [0.15, 0.2) is 0 Å². The molecule has 2 rings (SSSR count). The van der Waals surface area contributed by atoms with Gasteiger partial charge in [0.1, 0.15) is 18.1 Å². The lowest BCUT2D eigenvalue weighted by Gasteiger charge is -2.33. The van der Waals surface area contributed by atoms with Crippen LogP contribution in [0.2, 0.25) is 0 Å². The second-order valence-corrected chi connectivity index (χ2v) is 9.88. The lowest BCUT2D eigenvalue weighted by Crippen LogP contribution is -2.61. The second kappa shape index (κ2) is 15.2. The third-order valence-corrected chi connectivity index (χ3v) is 6.14. The van der Waals surface area contributed by atoms with Gasteiger partial charge >= 0.3 is 0 Å². The molecule has 13 nitrogen and oxygen atoms in total. The Hall–Kier alpha value is -4.65. The summed E-state index contributed by atoms with van der Waals surface area (Å²) in [5, 5.41) is 18.6. The zero-order valence-corrected chi connectivity index (χ0v) is 23.5. The van der Waals surface area contributed by atoms with Gasteiger partial charge in [-0.2, -0.15) is 0 Å². The molecule has 0 aliphatic rings. The summed E-state index contributed by atoms with van der Waals surface area (Å²) in [4.78, 5) is 76.4. The minimum Gasteiger partial charge on any atom is -0.350 e. The van der Waals surface area contributed by atoms with Gasteiger partial charge in [-0.3, -0.25) is 39.0 Å². The first-order valence-corrected chi connectivity index (χ1v) is 13.1. The number of hydrogen-bond acceptors (Lipinski definition) is 8. The second-order valence-electron chi connectivity index (χ2n) is 9.88. The van der Waals surface area contributed by atoms with Crippen LogP contribution in [0.25, 0.3) is 0 Å². The number of rotatable bonds is 13. The van der Waals surface area contributed by atoms with E-state index in [9.17, 15) is 34.1 Å². The molecule has 5 amide bonds. The van der Waals surface area contributed by atoms with Crippen molar-refractivity contribution in [2.24, 2.45) is 11.7 Å². The maximum Gasteiger partial charge on any atom is 0.269 e. The van der Waals surface area contributed by atoms with Gasteiger partial charge in [0, 0.05) is 24.2 Å². The van der Waals surface area contributed by atoms with E-state index in [-0.39, 0.29) is 31.1 Å². The fourth-order valence-electron chi connectivity index (χ4n) is 3.93. The van der Waals surface area contributed by atoms with E-state index in [0.29, 0.717) is 11.1 Å². The number of carbonyl (C=O) groups excluding carboxylic acids is 5. The highest BCUT2D eigenvalue weighted by molar-refractivity contribution is 6.06. The molecular weight excluding hydrogens is 532 g/mol. The fraction of sp³-hybridized carbons (Fsp3) is 0.393. The molecule has 0 unspecified atom stereocenters. The lowest BCUT2D eigenvalue weighted by atomic mass is 10.0. The molecule has 2 aromatic rings. The molecule has 0 aliphatic heterocycles. The summed E-state index contributed by atoms with van der Waals surface area (Å²) in [6, 6.07) is 9.99. The number of non-ortho nitro benzene ring substituents is 1. The number of benzene rings is 2. The first-order chi connectivity index (χ1) is 19.3. The average Bonchev–Trinajstić information content (AvgIpc) is 2.95. The van der Waals surface area contributed by atoms with Crippen LogP contribution in [0.5, 0.6) is 0 Å². The van der Waals surface area contributed by atoms with Crippen molar-refractivity contribution in [1.82, 2.24) is 20.9 Å². The van der Waals surface area contributed by atoms with Crippen LogP contribution in [0.3, 0.4) is 0 Å². The zero-order valence-electron chi connectivity index (χ0n) is 23.5. The molecule has 0 bridgehead atoms. The molecule has 0 aromatic heterocycles. The molecule has 2 aromatic carbocycles. The monoisotopic (exact) mass is 568 g/mol. The predicted molar refractivity (Wildman–Crippen MR) is 150 cm³/mol. The number of nitro benzene ring substituents is 1. The first kappa shape index (κ1) is 32.6. The molecule has 0 radical (unpaired) electrons. The number of carbonyl (C=O) groups is 5. The van der Waals surface area contributed by atoms with Crippen molar-refractivity contribution in [2.75, 3.05) is 6.54 Å². The Bertz CT molecular complexity index is 1250. The summed E-state index contributed by atoms with van der Waals surface area (Å²) in [6.45, 7) is 5.97. The van der Waals surface area contributed by atoms with Crippen molar-refractivity contribution in [3.63, 3.8) is 0 Å². The van der Waals surface area contributed by atoms with E-state index in [1.807, 2.05) is 13.8 Å². The molecule has 0 fully saturated rings. The summed E-state index contributed by atoms with van der Waals surface area (Å²) < 4.78 is 0. The SMILES string of the molecule is CC(C)C[C@H](NC(=O)CN)C(=O)N(C(=O)[C@H](C)NC(=O)c1ccccc1)[C@@H](C)C(=O)NCc1ccc([N+](=O)[O-])cc1.